The van der Waals surface area contributed by atoms with E-state index in [0.29, 0.717) is 16.7 Å². The maximum Gasteiger partial charge on any atom is 0.167 e. The van der Waals surface area contributed by atoms with Crippen LogP contribution in [0.15, 0.2) is 30.9 Å². The van der Waals surface area contributed by atoms with E-state index in [-0.39, 0.29) is 5.82 Å². The van der Waals surface area contributed by atoms with Crippen molar-refractivity contribution in [3.63, 3.8) is 0 Å². The molecule has 1 saturated heterocycles. The van der Waals surface area contributed by atoms with Crippen molar-refractivity contribution in [3.8, 4) is 0 Å². The maximum atomic E-state index is 10.8. The second-order valence-electron chi connectivity index (χ2n) is 7.03. The third-order valence-electron chi connectivity index (χ3n) is 5.48. The number of aliphatic hydroxyl groups is 3. The van der Waals surface area contributed by atoms with Gasteiger partial charge in [0, 0.05) is 0 Å². The fourth-order valence-electron chi connectivity index (χ4n) is 3.82. The predicted octanol–water partition coefficient (Wildman–Crippen LogP) is -0.140. The summed E-state index contributed by atoms with van der Waals surface area (Å²) in [4.78, 5) is 12.2. The number of aliphatic hydroxyl groups excluding tert-OH is 3. The van der Waals surface area contributed by atoms with E-state index < -0.39 is 30.6 Å². The van der Waals surface area contributed by atoms with E-state index in [1.54, 1.807) is 0 Å². The molecule has 27 heavy (non-hydrogen) atoms. The molecule has 1 aliphatic carbocycles. The number of ether oxygens (including phenoxy) is 1. The van der Waals surface area contributed by atoms with Crippen molar-refractivity contribution in [2.45, 2.75) is 43.5 Å². The highest BCUT2D eigenvalue weighted by atomic mass is 16.6. The minimum Gasteiger partial charge on any atom is -0.387 e. The van der Waals surface area contributed by atoms with Crippen molar-refractivity contribution in [2.75, 3.05) is 5.73 Å². The van der Waals surface area contributed by atoms with E-state index in [9.17, 15) is 15.3 Å². The summed E-state index contributed by atoms with van der Waals surface area (Å²) < 4.78 is 7.35. The number of hydrogen-bond donors (Lipinski definition) is 4. The molecular weight excluding hydrogens is 350 g/mol. The van der Waals surface area contributed by atoms with Gasteiger partial charge in [0.05, 0.1) is 6.33 Å². The molecule has 3 heterocycles. The van der Waals surface area contributed by atoms with E-state index >= 15 is 0 Å². The molecule has 0 bridgehead atoms. The van der Waals surface area contributed by atoms with Crippen molar-refractivity contribution >= 4 is 17.0 Å². The Morgan fingerprint density at radius 2 is 1.93 bits per heavy atom. The summed E-state index contributed by atoms with van der Waals surface area (Å²) in [5.41, 5.74) is 9.70. The summed E-state index contributed by atoms with van der Waals surface area (Å²) >= 11 is 0. The van der Waals surface area contributed by atoms with E-state index in [0.717, 1.165) is 12.8 Å². The van der Waals surface area contributed by atoms with Gasteiger partial charge >= 0.3 is 0 Å². The minimum atomic E-state index is -1.27. The highest BCUT2D eigenvalue weighted by Crippen LogP contribution is 2.38. The van der Waals surface area contributed by atoms with Gasteiger partial charge < -0.3 is 25.8 Å². The van der Waals surface area contributed by atoms with Crippen molar-refractivity contribution in [3.05, 3.63) is 47.5 Å². The molecule has 2 aromatic heterocycles. The van der Waals surface area contributed by atoms with Crippen LogP contribution in [0.5, 0.6) is 0 Å². The fraction of sp³-hybridized carbons (Fsp3) is 0.389. The number of fused-ring (bicyclic) bond motifs is 2. The molecule has 0 amide bonds. The zero-order chi connectivity index (χ0) is 18.7. The third-order valence-corrected chi connectivity index (χ3v) is 5.48. The lowest BCUT2D eigenvalue weighted by molar-refractivity contribution is -0.0850. The van der Waals surface area contributed by atoms with Crippen molar-refractivity contribution < 1.29 is 20.1 Å². The number of aryl methyl sites for hydroxylation is 2. The molecule has 5 N–H and O–H groups in total. The first-order valence-corrected chi connectivity index (χ1v) is 8.79. The third kappa shape index (κ3) is 2.43. The molecule has 0 spiro atoms. The number of anilines is 1. The Morgan fingerprint density at radius 1 is 1.11 bits per heavy atom. The molecule has 9 heteroatoms. The first-order chi connectivity index (χ1) is 13.0. The minimum absolute atomic E-state index is 0.213. The molecule has 0 unspecified atom stereocenters. The van der Waals surface area contributed by atoms with Crippen LogP contribution >= 0.6 is 0 Å². The Balaban J connectivity index is 1.46. The van der Waals surface area contributed by atoms with Gasteiger partial charge in [-0.2, -0.15) is 0 Å². The van der Waals surface area contributed by atoms with E-state index in [1.165, 1.54) is 28.3 Å². The number of nitrogens with zero attached hydrogens (tertiary/aromatic N) is 4. The highest BCUT2D eigenvalue weighted by Gasteiger charge is 2.47. The first-order valence-electron chi connectivity index (χ1n) is 8.79. The summed E-state index contributed by atoms with van der Waals surface area (Å²) in [5, 5.41) is 31.8. The van der Waals surface area contributed by atoms with Gasteiger partial charge in [0.1, 0.15) is 36.3 Å². The Hall–Kier alpha value is -2.59. The molecule has 1 aliphatic heterocycles. The van der Waals surface area contributed by atoms with Gasteiger partial charge in [-0.3, -0.25) is 4.57 Å². The smallest absolute Gasteiger partial charge is 0.167 e. The molecule has 5 rings (SSSR count). The Kier molecular flexibility index (Phi) is 3.66. The topological polar surface area (TPSA) is 140 Å². The quantitative estimate of drug-likeness (QED) is 0.500. The van der Waals surface area contributed by atoms with Crippen LogP contribution in [-0.4, -0.2) is 53.2 Å². The van der Waals surface area contributed by atoms with Crippen LogP contribution in [0.2, 0.25) is 0 Å². The predicted molar refractivity (Wildman–Crippen MR) is 94.5 cm³/mol. The van der Waals surface area contributed by atoms with Crippen LogP contribution in [0, 0.1) is 0 Å². The van der Waals surface area contributed by atoms with Gasteiger partial charge in [0.15, 0.2) is 17.7 Å². The van der Waals surface area contributed by atoms with Crippen molar-refractivity contribution in [1.29, 1.82) is 0 Å². The maximum absolute atomic E-state index is 10.8. The number of benzene rings is 1. The van der Waals surface area contributed by atoms with Gasteiger partial charge in [-0.25, -0.2) is 15.0 Å². The zero-order valence-corrected chi connectivity index (χ0v) is 14.3. The summed E-state index contributed by atoms with van der Waals surface area (Å²) in [6, 6.07) is 5.74. The Bertz CT molecular complexity index is 1020. The number of nitrogens with two attached hydrogens (primary N) is 1. The number of hydrogen-bond acceptors (Lipinski definition) is 8. The SMILES string of the molecule is Nc1ncnc2c1ncn2[C@@H]1O[C@H]([C@H](O)c2ccc3c(c2)CC3)[C@@H](O)[C@H]1O. The number of imidazole rings is 1. The first kappa shape index (κ1) is 16.6. The summed E-state index contributed by atoms with van der Waals surface area (Å²) in [6.45, 7) is 0. The molecule has 0 radical (unpaired) electrons. The zero-order valence-electron chi connectivity index (χ0n) is 14.3. The van der Waals surface area contributed by atoms with Crippen LogP contribution < -0.4 is 5.73 Å². The summed E-state index contributed by atoms with van der Waals surface area (Å²) in [6.07, 6.45) is -0.786. The Morgan fingerprint density at radius 3 is 2.67 bits per heavy atom. The van der Waals surface area contributed by atoms with Crippen LogP contribution in [-0.2, 0) is 17.6 Å². The highest BCUT2D eigenvalue weighted by molar-refractivity contribution is 5.81. The van der Waals surface area contributed by atoms with Crippen LogP contribution in [0.3, 0.4) is 0 Å². The van der Waals surface area contributed by atoms with E-state index in [2.05, 4.69) is 15.0 Å². The number of nitrogen functional groups attached to an aromatic ring is 1. The lowest BCUT2D eigenvalue weighted by Gasteiger charge is -2.25. The van der Waals surface area contributed by atoms with E-state index in [4.69, 9.17) is 10.5 Å². The summed E-state index contributed by atoms with van der Waals surface area (Å²) in [7, 11) is 0. The molecule has 140 valence electrons. The standard InChI is InChI=1S/C18H19N5O4/c19-16-11-17(21-6-20-16)23(7-22-11)18-14(26)13(25)15(27-18)12(24)10-4-2-8-1-3-9(8)5-10/h2,4-7,12-15,18,24-26H,1,3H2,(H2,19,20,21)/t12-,13+,14-,15-,18-/m1/s1. The van der Waals surface area contributed by atoms with Crippen molar-refractivity contribution in [2.24, 2.45) is 0 Å². The lowest BCUT2D eigenvalue weighted by Crippen LogP contribution is -2.35. The average molecular weight is 369 g/mol. The Labute approximate surface area is 154 Å². The fourth-order valence-corrected chi connectivity index (χ4v) is 3.82. The van der Waals surface area contributed by atoms with Crippen LogP contribution in [0.4, 0.5) is 5.82 Å². The molecule has 5 atom stereocenters. The van der Waals surface area contributed by atoms with Crippen LogP contribution in [0.1, 0.15) is 29.0 Å². The molecule has 0 saturated carbocycles. The van der Waals surface area contributed by atoms with Gasteiger partial charge in [-0.15, -0.1) is 0 Å². The molecule has 1 aromatic carbocycles. The van der Waals surface area contributed by atoms with E-state index in [1.807, 2.05) is 18.2 Å². The lowest BCUT2D eigenvalue weighted by atomic mass is 9.85. The molecule has 1 fully saturated rings. The van der Waals surface area contributed by atoms with Crippen molar-refractivity contribution in [1.82, 2.24) is 19.5 Å². The average Bonchev–Trinajstić information content (AvgIpc) is 3.19. The second kappa shape index (κ2) is 5.96. The molecule has 2 aliphatic rings. The number of rotatable bonds is 3. The largest absolute Gasteiger partial charge is 0.387 e. The van der Waals surface area contributed by atoms with Gasteiger partial charge in [-0.05, 0) is 29.5 Å². The number of aromatic nitrogens is 4. The van der Waals surface area contributed by atoms with Gasteiger partial charge in [0.2, 0.25) is 0 Å². The van der Waals surface area contributed by atoms with Gasteiger partial charge in [0.25, 0.3) is 0 Å². The van der Waals surface area contributed by atoms with Gasteiger partial charge in [-0.1, -0.05) is 18.2 Å². The van der Waals surface area contributed by atoms with Crippen LogP contribution in [0.25, 0.3) is 11.2 Å². The molecule has 3 aromatic rings. The summed E-state index contributed by atoms with van der Waals surface area (Å²) in [5.74, 6) is 0.213. The second-order valence-corrected chi connectivity index (χ2v) is 7.03. The monoisotopic (exact) mass is 369 g/mol. The molecular formula is C18H19N5O4. The molecule has 9 nitrogen and oxygen atoms in total. The normalized spacial score (nSPS) is 28.1.